The van der Waals surface area contributed by atoms with Crippen LogP contribution in [0.25, 0.3) is 0 Å². The van der Waals surface area contributed by atoms with Gasteiger partial charge in [0.2, 0.25) is 0 Å². The molecule has 0 aliphatic heterocycles. The minimum Gasteiger partial charge on any atom is -0.264 e. The van der Waals surface area contributed by atoms with Gasteiger partial charge < -0.3 is 0 Å². The minimum atomic E-state index is -4.67. The number of rotatable bonds is 1. The first kappa shape index (κ1) is 15.3. The predicted octanol–water partition coefficient (Wildman–Crippen LogP) is 1.09. The van der Waals surface area contributed by atoms with Crippen LogP contribution in [-0.2, 0) is 20.2 Å². The molecule has 1 aromatic carbocycles. The Balaban J connectivity index is 0.000000385. The van der Waals surface area contributed by atoms with E-state index in [-0.39, 0.29) is 9.92 Å². The van der Waals surface area contributed by atoms with Crippen molar-refractivity contribution < 1.29 is 25.9 Å². The molecule has 1 aromatic rings. The molecule has 0 amide bonds. The number of sulfone groups is 1. The van der Waals surface area contributed by atoms with Crippen molar-refractivity contribution in [1.82, 2.24) is 0 Å². The van der Waals surface area contributed by atoms with Crippen LogP contribution in [0.1, 0.15) is 0 Å². The highest BCUT2D eigenvalue weighted by Gasteiger charge is 2.09. The van der Waals surface area contributed by atoms with Crippen LogP contribution in [0.3, 0.4) is 0 Å². The van der Waals surface area contributed by atoms with E-state index in [2.05, 4.69) is 0 Å². The van der Waals surface area contributed by atoms with Crippen molar-refractivity contribution >= 4 is 31.8 Å². The van der Waals surface area contributed by atoms with Gasteiger partial charge in [0.25, 0.3) is 0 Å². The Labute approximate surface area is 98.4 Å². The Bertz CT molecular complexity index is 540. The van der Waals surface area contributed by atoms with E-state index in [1.54, 1.807) is 18.2 Å². The molecule has 0 heterocycles. The van der Waals surface area contributed by atoms with Crippen LogP contribution in [0.5, 0.6) is 0 Å². The molecule has 0 saturated carbocycles. The van der Waals surface area contributed by atoms with Crippen molar-refractivity contribution in [1.29, 1.82) is 0 Å². The maximum Gasteiger partial charge on any atom is 0.394 e. The Morgan fingerprint density at radius 3 is 1.69 bits per heavy atom. The van der Waals surface area contributed by atoms with Gasteiger partial charge >= 0.3 is 10.4 Å². The second-order valence-corrected chi connectivity index (χ2v) is 5.94. The zero-order chi connectivity index (χ0) is 13.0. The average molecular weight is 289 g/mol. The summed E-state index contributed by atoms with van der Waals surface area (Å²) in [5.74, 6) is 0. The Hall–Kier alpha value is -0.670. The fourth-order valence-electron chi connectivity index (χ4n) is 0.745. The van der Waals surface area contributed by atoms with Crippen LogP contribution in [0.2, 0.25) is 5.02 Å². The molecule has 0 aromatic heterocycles. The molecule has 6 nitrogen and oxygen atoms in total. The predicted molar refractivity (Wildman–Crippen MR) is 58.7 cm³/mol. The molecular weight excluding hydrogens is 280 g/mol. The maximum atomic E-state index is 11.0. The highest BCUT2D eigenvalue weighted by molar-refractivity contribution is 7.90. The number of hydrogen-bond donors (Lipinski definition) is 2. The molecule has 0 aliphatic carbocycles. The number of hydrogen-bond acceptors (Lipinski definition) is 4. The van der Waals surface area contributed by atoms with Crippen LogP contribution in [0.4, 0.5) is 0 Å². The normalized spacial score (nSPS) is 11.5. The molecule has 0 aliphatic rings. The van der Waals surface area contributed by atoms with E-state index in [1.807, 2.05) is 0 Å². The summed E-state index contributed by atoms with van der Waals surface area (Å²) in [4.78, 5) is 0.182. The fraction of sp³-hybridized carbons (Fsp3) is 0.143. The topological polar surface area (TPSA) is 109 Å². The van der Waals surface area contributed by atoms with Crippen molar-refractivity contribution in [2.75, 3.05) is 6.26 Å². The van der Waals surface area contributed by atoms with Gasteiger partial charge in [-0.15, -0.1) is 0 Å². The molecule has 0 fully saturated rings. The molecule has 92 valence electrons. The average Bonchev–Trinajstić information content (AvgIpc) is 1.99. The van der Waals surface area contributed by atoms with Crippen molar-refractivity contribution in [2.45, 2.75) is 4.90 Å². The molecule has 0 bridgehead atoms. The molecule has 1 rings (SSSR count). The Kier molecular flexibility index (Phi) is 5.36. The second kappa shape index (κ2) is 5.60. The smallest absolute Gasteiger partial charge is 0.264 e. The SMILES string of the molecule is CS(=O)(=O)c1ccccc1Cl.O=S(=O)(O)O. The molecule has 0 unspecified atom stereocenters. The molecular formula is C7H9ClO6S2. The molecule has 0 spiro atoms. The quantitative estimate of drug-likeness (QED) is 0.749. The molecule has 0 atom stereocenters. The highest BCUT2D eigenvalue weighted by Crippen LogP contribution is 2.19. The second-order valence-electron chi connectivity index (χ2n) is 2.65. The summed E-state index contributed by atoms with van der Waals surface area (Å²) in [6.07, 6.45) is 1.13. The van der Waals surface area contributed by atoms with Crippen molar-refractivity contribution in [3.05, 3.63) is 29.3 Å². The van der Waals surface area contributed by atoms with E-state index in [1.165, 1.54) is 6.07 Å². The molecule has 16 heavy (non-hydrogen) atoms. The Morgan fingerprint density at radius 1 is 1.06 bits per heavy atom. The van der Waals surface area contributed by atoms with Gasteiger partial charge in [0.15, 0.2) is 9.84 Å². The first-order valence-electron chi connectivity index (χ1n) is 3.66. The van der Waals surface area contributed by atoms with Crippen LogP contribution >= 0.6 is 11.6 Å². The largest absolute Gasteiger partial charge is 0.394 e. The van der Waals surface area contributed by atoms with E-state index in [0.717, 1.165) is 6.26 Å². The summed E-state index contributed by atoms with van der Waals surface area (Å²) < 4.78 is 53.5. The zero-order valence-corrected chi connectivity index (χ0v) is 10.4. The van der Waals surface area contributed by atoms with Crippen molar-refractivity contribution in [3.63, 3.8) is 0 Å². The van der Waals surface area contributed by atoms with E-state index < -0.39 is 20.2 Å². The van der Waals surface area contributed by atoms with Gasteiger partial charge in [-0.2, -0.15) is 8.42 Å². The van der Waals surface area contributed by atoms with Crippen molar-refractivity contribution in [2.24, 2.45) is 0 Å². The van der Waals surface area contributed by atoms with Gasteiger partial charge in [-0.1, -0.05) is 23.7 Å². The lowest BCUT2D eigenvalue weighted by atomic mass is 10.4. The lowest BCUT2D eigenvalue weighted by Crippen LogP contribution is -1.96. The first-order valence-corrected chi connectivity index (χ1v) is 7.33. The molecule has 0 saturated heterocycles. The summed E-state index contributed by atoms with van der Waals surface area (Å²) in [7, 11) is -7.83. The number of benzene rings is 1. The third-order valence-corrected chi connectivity index (χ3v) is 2.83. The summed E-state index contributed by atoms with van der Waals surface area (Å²) in [5, 5.41) is 0.273. The third kappa shape index (κ3) is 7.60. The lowest BCUT2D eigenvalue weighted by molar-refractivity contribution is 0.381. The van der Waals surface area contributed by atoms with Crippen LogP contribution in [0.15, 0.2) is 29.2 Å². The summed E-state index contributed by atoms with van der Waals surface area (Å²) in [5.41, 5.74) is 0. The van der Waals surface area contributed by atoms with Gasteiger partial charge in [-0.25, -0.2) is 8.42 Å². The van der Waals surface area contributed by atoms with Crippen LogP contribution in [0, 0.1) is 0 Å². The summed E-state index contributed by atoms with van der Waals surface area (Å²) >= 11 is 5.63. The van der Waals surface area contributed by atoms with Gasteiger partial charge in [0.05, 0.1) is 9.92 Å². The van der Waals surface area contributed by atoms with E-state index >= 15 is 0 Å². The van der Waals surface area contributed by atoms with Gasteiger partial charge in [0.1, 0.15) is 0 Å². The van der Waals surface area contributed by atoms with Crippen LogP contribution < -0.4 is 0 Å². The van der Waals surface area contributed by atoms with E-state index in [0.29, 0.717) is 0 Å². The first-order chi connectivity index (χ1) is 7.02. The maximum absolute atomic E-state index is 11.0. The minimum absolute atomic E-state index is 0.182. The van der Waals surface area contributed by atoms with E-state index in [4.69, 9.17) is 29.1 Å². The number of halogens is 1. The zero-order valence-electron chi connectivity index (χ0n) is 8.03. The molecule has 2 N–H and O–H groups in total. The monoisotopic (exact) mass is 288 g/mol. The fourth-order valence-corrected chi connectivity index (χ4v) is 2.05. The van der Waals surface area contributed by atoms with Crippen molar-refractivity contribution in [3.8, 4) is 0 Å². The lowest BCUT2D eigenvalue weighted by Gasteiger charge is -1.98. The van der Waals surface area contributed by atoms with E-state index in [9.17, 15) is 8.42 Å². The van der Waals surface area contributed by atoms with Gasteiger partial charge in [0, 0.05) is 6.26 Å². The van der Waals surface area contributed by atoms with Crippen LogP contribution in [-0.4, -0.2) is 32.2 Å². The summed E-state index contributed by atoms with van der Waals surface area (Å²) in [6.45, 7) is 0. The molecule has 0 radical (unpaired) electrons. The van der Waals surface area contributed by atoms with Gasteiger partial charge in [-0.05, 0) is 12.1 Å². The summed E-state index contributed by atoms with van der Waals surface area (Å²) in [6, 6.07) is 6.37. The molecule has 9 heteroatoms. The van der Waals surface area contributed by atoms with Gasteiger partial charge in [-0.3, -0.25) is 9.11 Å². The standard InChI is InChI=1S/C7H7ClO2S.H2O4S/c1-11(9,10)7-5-3-2-4-6(7)8;1-5(2,3)4/h2-5H,1H3;(H2,1,2,3,4). The third-order valence-electron chi connectivity index (χ3n) is 1.24. The highest BCUT2D eigenvalue weighted by atomic mass is 35.5. The Morgan fingerprint density at radius 2 is 1.44 bits per heavy atom.